The Morgan fingerprint density at radius 1 is 1.50 bits per heavy atom. The molecule has 2 nitrogen and oxygen atoms in total. The smallest absolute Gasteiger partial charge is 0.0733 e. The fourth-order valence-electron chi connectivity index (χ4n) is 2.32. The topological polar surface area (TPSA) is 23.5 Å². The number of fused-ring (bicyclic) bond motifs is 1. The first kappa shape index (κ1) is 6.62. The highest BCUT2D eigenvalue weighted by Gasteiger charge is 2.40. The first-order valence-electron chi connectivity index (χ1n) is 4.21. The second-order valence-electron chi connectivity index (χ2n) is 3.67. The van der Waals surface area contributed by atoms with Crippen LogP contribution in [0.25, 0.3) is 0 Å². The van der Waals surface area contributed by atoms with E-state index in [2.05, 4.69) is 11.8 Å². The van der Waals surface area contributed by atoms with Crippen molar-refractivity contribution in [3.63, 3.8) is 0 Å². The molecule has 0 saturated carbocycles. The van der Waals surface area contributed by atoms with Gasteiger partial charge in [-0.2, -0.15) is 0 Å². The zero-order valence-electron chi connectivity index (χ0n) is 6.45. The number of nitrogens with zero attached hydrogens (tertiary/aromatic N) is 1. The molecule has 0 aliphatic carbocycles. The van der Waals surface area contributed by atoms with Gasteiger partial charge in [-0.1, -0.05) is 6.92 Å². The van der Waals surface area contributed by atoms with Crippen LogP contribution in [0.2, 0.25) is 0 Å². The summed E-state index contributed by atoms with van der Waals surface area (Å²) < 4.78 is 0. The molecule has 0 aromatic rings. The fourth-order valence-corrected chi connectivity index (χ4v) is 2.32. The maximum absolute atomic E-state index is 9.63. The van der Waals surface area contributed by atoms with E-state index >= 15 is 0 Å². The number of hydrogen-bond acceptors (Lipinski definition) is 2. The molecule has 0 radical (unpaired) electrons. The maximum Gasteiger partial charge on any atom is 0.0733 e. The quantitative estimate of drug-likeness (QED) is 0.530. The summed E-state index contributed by atoms with van der Waals surface area (Å²) in [5, 5.41) is 9.63. The normalized spacial score (nSPS) is 48.0. The Kier molecular flexibility index (Phi) is 1.46. The van der Waals surface area contributed by atoms with Crippen LogP contribution in [0.15, 0.2) is 0 Å². The van der Waals surface area contributed by atoms with Gasteiger partial charge in [0, 0.05) is 12.6 Å². The third-order valence-corrected chi connectivity index (χ3v) is 2.91. The molecule has 1 N–H and O–H groups in total. The Morgan fingerprint density at radius 2 is 2.30 bits per heavy atom. The molecule has 2 saturated heterocycles. The van der Waals surface area contributed by atoms with Crippen LogP contribution >= 0.6 is 0 Å². The van der Waals surface area contributed by atoms with Crippen LogP contribution in [0, 0.1) is 5.92 Å². The summed E-state index contributed by atoms with van der Waals surface area (Å²) in [6.45, 7) is 4.47. The van der Waals surface area contributed by atoms with E-state index in [4.69, 9.17) is 0 Å². The van der Waals surface area contributed by atoms with Crippen molar-refractivity contribution >= 4 is 0 Å². The van der Waals surface area contributed by atoms with Crippen molar-refractivity contribution in [3.05, 3.63) is 0 Å². The SMILES string of the molecule is C[C@H]1CN2CCCC2[C@H]1O. The minimum Gasteiger partial charge on any atom is -0.391 e. The zero-order valence-corrected chi connectivity index (χ0v) is 6.45. The van der Waals surface area contributed by atoms with Crippen LogP contribution < -0.4 is 0 Å². The Bertz CT molecular complexity index is 135. The minimum atomic E-state index is -0.0394. The van der Waals surface area contributed by atoms with Gasteiger partial charge >= 0.3 is 0 Å². The van der Waals surface area contributed by atoms with Gasteiger partial charge in [0.05, 0.1) is 6.10 Å². The van der Waals surface area contributed by atoms with Crippen LogP contribution in [0.1, 0.15) is 19.8 Å². The highest BCUT2D eigenvalue weighted by molar-refractivity contribution is 4.94. The summed E-state index contributed by atoms with van der Waals surface area (Å²) in [7, 11) is 0. The third kappa shape index (κ3) is 0.789. The molecule has 0 bridgehead atoms. The average Bonchev–Trinajstić information content (AvgIpc) is 2.41. The number of aliphatic hydroxyl groups excluding tert-OH is 1. The van der Waals surface area contributed by atoms with Crippen molar-refractivity contribution in [2.75, 3.05) is 13.1 Å². The lowest BCUT2D eigenvalue weighted by atomic mass is 10.0. The average molecular weight is 141 g/mol. The maximum atomic E-state index is 9.63. The van der Waals surface area contributed by atoms with Gasteiger partial charge < -0.3 is 5.11 Å². The highest BCUT2D eigenvalue weighted by Crippen LogP contribution is 2.31. The second-order valence-corrected chi connectivity index (χ2v) is 3.67. The second kappa shape index (κ2) is 2.21. The van der Waals surface area contributed by atoms with Crippen LogP contribution in [0.4, 0.5) is 0 Å². The minimum absolute atomic E-state index is 0.0394. The van der Waals surface area contributed by atoms with E-state index < -0.39 is 0 Å². The molecule has 2 rings (SSSR count). The molecule has 0 aromatic heterocycles. The lowest BCUT2D eigenvalue weighted by molar-refractivity contribution is 0.112. The first-order chi connectivity index (χ1) is 4.79. The summed E-state index contributed by atoms with van der Waals surface area (Å²) in [5.74, 6) is 0.505. The number of rotatable bonds is 0. The van der Waals surface area contributed by atoms with Gasteiger partial charge in [0.25, 0.3) is 0 Å². The molecule has 1 unspecified atom stereocenters. The summed E-state index contributed by atoms with van der Waals surface area (Å²) in [5.41, 5.74) is 0. The molecular weight excluding hydrogens is 126 g/mol. The predicted molar refractivity (Wildman–Crippen MR) is 39.8 cm³/mol. The molecule has 10 heavy (non-hydrogen) atoms. The summed E-state index contributed by atoms with van der Waals surface area (Å²) in [4.78, 5) is 2.43. The van der Waals surface area contributed by atoms with Crippen LogP contribution in [0.3, 0.4) is 0 Å². The Morgan fingerprint density at radius 3 is 3.00 bits per heavy atom. The van der Waals surface area contributed by atoms with E-state index in [9.17, 15) is 5.11 Å². The molecule has 2 heterocycles. The Hall–Kier alpha value is -0.0800. The first-order valence-corrected chi connectivity index (χ1v) is 4.21. The third-order valence-electron chi connectivity index (χ3n) is 2.91. The van der Waals surface area contributed by atoms with E-state index in [0.29, 0.717) is 12.0 Å². The molecule has 2 heteroatoms. The molecule has 2 fully saturated rings. The van der Waals surface area contributed by atoms with E-state index in [1.807, 2.05) is 0 Å². The molecule has 0 amide bonds. The monoisotopic (exact) mass is 141 g/mol. The van der Waals surface area contributed by atoms with E-state index in [0.717, 1.165) is 6.54 Å². The lowest BCUT2D eigenvalue weighted by Gasteiger charge is -2.15. The van der Waals surface area contributed by atoms with E-state index in [1.54, 1.807) is 0 Å². The van der Waals surface area contributed by atoms with Gasteiger partial charge in [-0.3, -0.25) is 4.90 Å². The summed E-state index contributed by atoms with van der Waals surface area (Å²) in [6.07, 6.45) is 2.46. The Balaban J connectivity index is 2.09. The van der Waals surface area contributed by atoms with Gasteiger partial charge in [-0.25, -0.2) is 0 Å². The van der Waals surface area contributed by atoms with E-state index in [1.165, 1.54) is 19.4 Å². The highest BCUT2D eigenvalue weighted by atomic mass is 16.3. The molecule has 2 aliphatic rings. The molecule has 0 spiro atoms. The van der Waals surface area contributed by atoms with Crippen molar-refractivity contribution in [1.82, 2.24) is 4.90 Å². The molecule has 2 aliphatic heterocycles. The predicted octanol–water partition coefficient (Wildman–Crippen LogP) is 0.461. The van der Waals surface area contributed by atoms with Gasteiger partial charge in [0.1, 0.15) is 0 Å². The van der Waals surface area contributed by atoms with Gasteiger partial charge in [0.2, 0.25) is 0 Å². The van der Waals surface area contributed by atoms with Gasteiger partial charge in [-0.05, 0) is 25.3 Å². The van der Waals surface area contributed by atoms with Crippen molar-refractivity contribution in [3.8, 4) is 0 Å². The Labute approximate surface area is 61.8 Å². The van der Waals surface area contributed by atoms with Gasteiger partial charge in [-0.15, -0.1) is 0 Å². The van der Waals surface area contributed by atoms with Crippen LogP contribution in [-0.4, -0.2) is 35.2 Å². The largest absolute Gasteiger partial charge is 0.391 e. The molecule has 58 valence electrons. The van der Waals surface area contributed by atoms with E-state index in [-0.39, 0.29) is 6.10 Å². The lowest BCUT2D eigenvalue weighted by Crippen LogP contribution is -2.29. The zero-order chi connectivity index (χ0) is 7.14. The standard InChI is InChI=1S/C8H15NO/c1-6-5-9-4-2-3-7(9)8(6)10/h6-8,10H,2-5H2,1H3/t6-,7?,8-/m0/s1. The van der Waals surface area contributed by atoms with Crippen molar-refractivity contribution in [2.45, 2.75) is 31.9 Å². The van der Waals surface area contributed by atoms with Crippen molar-refractivity contribution < 1.29 is 5.11 Å². The van der Waals surface area contributed by atoms with Crippen LogP contribution in [-0.2, 0) is 0 Å². The summed E-state index contributed by atoms with van der Waals surface area (Å²) >= 11 is 0. The van der Waals surface area contributed by atoms with Crippen LogP contribution in [0.5, 0.6) is 0 Å². The van der Waals surface area contributed by atoms with Gasteiger partial charge in [0.15, 0.2) is 0 Å². The number of aliphatic hydroxyl groups is 1. The summed E-state index contributed by atoms with van der Waals surface area (Å²) in [6, 6.07) is 0.509. The molecule has 3 atom stereocenters. The van der Waals surface area contributed by atoms with Crippen molar-refractivity contribution in [2.24, 2.45) is 5.92 Å². The molecule has 0 aromatic carbocycles. The van der Waals surface area contributed by atoms with Crippen molar-refractivity contribution in [1.29, 1.82) is 0 Å². The number of hydrogen-bond donors (Lipinski definition) is 1. The fraction of sp³-hybridized carbons (Fsp3) is 1.00. The molecular formula is C8H15NO.